The van der Waals surface area contributed by atoms with E-state index in [1.807, 2.05) is 49.5 Å². The van der Waals surface area contributed by atoms with E-state index in [4.69, 9.17) is 9.40 Å². The molecule has 1 fully saturated rings. The largest absolute Gasteiger partial charge is 0.435 e. The molecule has 2 N–H and O–H groups in total. The number of hydrogen-bond donors (Lipinski definition) is 2. The molecule has 0 radical (unpaired) electrons. The van der Waals surface area contributed by atoms with Crippen molar-refractivity contribution < 1.29 is 13.9 Å². The van der Waals surface area contributed by atoms with E-state index in [2.05, 4.69) is 31.4 Å². The number of aliphatic hydroxyl groups is 1. The van der Waals surface area contributed by atoms with Crippen LogP contribution in [0.3, 0.4) is 0 Å². The summed E-state index contributed by atoms with van der Waals surface area (Å²) in [6.45, 7) is 0.584. The molecule has 0 saturated heterocycles. The number of hydrogen-bond acceptors (Lipinski definition) is 6. The monoisotopic (exact) mass is 561 g/mol. The maximum Gasteiger partial charge on any atom is 0.231 e. The number of nitrogens with one attached hydrogen (secondary N) is 1. The van der Waals surface area contributed by atoms with Crippen LogP contribution in [0.5, 0.6) is 0 Å². The lowest BCUT2D eigenvalue weighted by atomic mass is 9.94. The van der Waals surface area contributed by atoms with Crippen LogP contribution in [0.1, 0.15) is 24.8 Å². The Balaban J connectivity index is 1.47. The summed E-state index contributed by atoms with van der Waals surface area (Å²) in [5.41, 5.74) is 4.65. The molecule has 6 rings (SSSR count). The number of aliphatic hydroxyl groups excluding tert-OH is 1. The molecule has 9 heteroatoms. The highest BCUT2D eigenvalue weighted by atomic mass is 79.9. The third kappa shape index (κ3) is 4.47. The Morgan fingerprint density at radius 1 is 1.14 bits per heavy atom. The minimum atomic E-state index is -0.461. The van der Waals surface area contributed by atoms with Crippen molar-refractivity contribution in [2.45, 2.75) is 38.0 Å². The second-order valence-electron chi connectivity index (χ2n) is 9.41. The fourth-order valence-electron chi connectivity index (χ4n) is 5.07. The van der Waals surface area contributed by atoms with Crippen molar-refractivity contribution in [3.05, 3.63) is 76.8 Å². The van der Waals surface area contributed by atoms with Gasteiger partial charge in [-0.15, -0.1) is 10.2 Å². The van der Waals surface area contributed by atoms with Crippen molar-refractivity contribution in [3.8, 4) is 34.0 Å². The lowest BCUT2D eigenvalue weighted by Gasteiger charge is -2.16. The van der Waals surface area contributed by atoms with Gasteiger partial charge in [0.15, 0.2) is 11.4 Å². The number of halogens is 2. The van der Waals surface area contributed by atoms with Gasteiger partial charge in [0.1, 0.15) is 17.7 Å². The van der Waals surface area contributed by atoms with Gasteiger partial charge in [-0.2, -0.15) is 0 Å². The van der Waals surface area contributed by atoms with E-state index in [1.165, 1.54) is 6.07 Å². The smallest absolute Gasteiger partial charge is 0.231 e. The summed E-state index contributed by atoms with van der Waals surface area (Å²) < 4.78 is 24.2. The van der Waals surface area contributed by atoms with Gasteiger partial charge < -0.3 is 19.4 Å². The molecule has 0 amide bonds. The SMILES string of the molecule is Cn1cnnc1-c1c(-c2ccccc2)ccc(F)c1-c1nc2cc(CNC3CCCC3O)cc(Br)c2o1. The predicted octanol–water partition coefficient (Wildman–Crippen LogP) is 5.86. The van der Waals surface area contributed by atoms with Crippen LogP contribution in [0.25, 0.3) is 45.1 Å². The lowest BCUT2D eigenvalue weighted by Crippen LogP contribution is -2.35. The zero-order chi connectivity index (χ0) is 25.5. The van der Waals surface area contributed by atoms with E-state index in [0.717, 1.165) is 40.4 Å². The van der Waals surface area contributed by atoms with Gasteiger partial charge in [0.05, 0.1) is 16.1 Å². The summed E-state index contributed by atoms with van der Waals surface area (Å²) >= 11 is 3.61. The maximum atomic E-state index is 15.6. The Morgan fingerprint density at radius 2 is 1.97 bits per heavy atom. The molecule has 1 aliphatic carbocycles. The van der Waals surface area contributed by atoms with Crippen molar-refractivity contribution in [2.75, 3.05) is 0 Å². The summed E-state index contributed by atoms with van der Waals surface area (Å²) in [4.78, 5) is 4.72. The van der Waals surface area contributed by atoms with Crippen LogP contribution in [-0.2, 0) is 13.6 Å². The number of rotatable bonds is 6. The summed E-state index contributed by atoms with van der Waals surface area (Å²) in [5.74, 6) is 0.215. The van der Waals surface area contributed by atoms with Crippen molar-refractivity contribution >= 4 is 27.0 Å². The third-order valence-electron chi connectivity index (χ3n) is 6.94. The van der Waals surface area contributed by atoms with E-state index < -0.39 is 5.82 Å². The molecule has 3 aromatic carbocycles. The molecule has 7 nitrogen and oxygen atoms in total. The first-order chi connectivity index (χ1) is 18.0. The Labute approximate surface area is 221 Å². The zero-order valence-corrected chi connectivity index (χ0v) is 21.7. The second kappa shape index (κ2) is 9.81. The highest BCUT2D eigenvalue weighted by Crippen LogP contribution is 2.42. The average Bonchev–Trinajstić information content (AvgIpc) is 3.63. The highest BCUT2D eigenvalue weighted by Gasteiger charge is 2.27. The Morgan fingerprint density at radius 3 is 2.70 bits per heavy atom. The number of oxazole rings is 1. The van der Waals surface area contributed by atoms with Gasteiger partial charge in [-0.3, -0.25) is 0 Å². The summed E-state index contributed by atoms with van der Waals surface area (Å²) in [6, 6.07) is 16.9. The van der Waals surface area contributed by atoms with Crippen molar-refractivity contribution in [3.63, 3.8) is 0 Å². The Bertz CT molecular complexity index is 1580. The summed E-state index contributed by atoms with van der Waals surface area (Å²) in [7, 11) is 1.82. The van der Waals surface area contributed by atoms with Gasteiger partial charge in [0.2, 0.25) is 5.89 Å². The molecule has 1 aliphatic rings. The molecule has 2 unspecified atom stereocenters. The Hall–Kier alpha value is -3.40. The molecule has 1 saturated carbocycles. The van der Waals surface area contributed by atoms with Crippen LogP contribution in [0.15, 0.2) is 69.8 Å². The van der Waals surface area contributed by atoms with Crippen molar-refractivity contribution in [1.82, 2.24) is 25.1 Å². The van der Waals surface area contributed by atoms with Crippen LogP contribution in [-0.4, -0.2) is 37.0 Å². The quantitative estimate of drug-likeness (QED) is 0.270. The highest BCUT2D eigenvalue weighted by molar-refractivity contribution is 9.10. The first-order valence-corrected chi connectivity index (χ1v) is 13.0. The molecular formula is C28H25BrFN5O2. The second-order valence-corrected chi connectivity index (χ2v) is 10.3. The molecule has 0 bridgehead atoms. The van der Waals surface area contributed by atoms with E-state index in [-0.39, 0.29) is 23.6 Å². The number of aromatic nitrogens is 4. The number of nitrogens with zero attached hydrogens (tertiary/aromatic N) is 4. The van der Waals surface area contributed by atoms with Gasteiger partial charge in [-0.05, 0) is 70.1 Å². The van der Waals surface area contributed by atoms with E-state index >= 15 is 4.39 Å². The van der Waals surface area contributed by atoms with Crippen LogP contribution in [0.4, 0.5) is 4.39 Å². The van der Waals surface area contributed by atoms with Crippen LogP contribution >= 0.6 is 15.9 Å². The molecule has 2 heterocycles. The first kappa shape index (κ1) is 24.0. The van der Waals surface area contributed by atoms with Gasteiger partial charge in [-0.1, -0.05) is 36.4 Å². The average molecular weight is 562 g/mol. The molecular weight excluding hydrogens is 537 g/mol. The molecule has 0 aliphatic heterocycles. The van der Waals surface area contributed by atoms with Gasteiger partial charge in [0, 0.05) is 25.2 Å². The Kier molecular flexibility index (Phi) is 6.36. The lowest BCUT2D eigenvalue weighted by molar-refractivity contribution is 0.148. The molecule has 0 spiro atoms. The number of fused-ring (bicyclic) bond motifs is 1. The van der Waals surface area contributed by atoms with Gasteiger partial charge >= 0.3 is 0 Å². The van der Waals surface area contributed by atoms with Crippen LogP contribution in [0, 0.1) is 5.82 Å². The first-order valence-electron chi connectivity index (χ1n) is 12.2. The third-order valence-corrected chi connectivity index (χ3v) is 7.53. The van der Waals surface area contributed by atoms with E-state index in [9.17, 15) is 5.11 Å². The fraction of sp³-hybridized carbons (Fsp3) is 0.250. The zero-order valence-electron chi connectivity index (χ0n) is 20.2. The molecule has 2 atom stereocenters. The minimum absolute atomic E-state index is 0.0890. The molecule has 5 aromatic rings. The topological polar surface area (TPSA) is 89.0 Å². The minimum Gasteiger partial charge on any atom is -0.435 e. The van der Waals surface area contributed by atoms with E-state index in [1.54, 1.807) is 17.0 Å². The maximum absolute atomic E-state index is 15.6. The molecule has 37 heavy (non-hydrogen) atoms. The van der Waals surface area contributed by atoms with Gasteiger partial charge in [0.25, 0.3) is 0 Å². The fourth-order valence-corrected chi connectivity index (χ4v) is 5.65. The predicted molar refractivity (Wildman–Crippen MR) is 143 cm³/mol. The van der Waals surface area contributed by atoms with Gasteiger partial charge in [-0.25, -0.2) is 9.37 Å². The number of benzene rings is 3. The standard InChI is InChI=1S/C28H25BrFN5O2/c1-35-15-32-34-27(35)24-18(17-6-3-2-4-7-17)10-11-20(30)25(24)28-33-22-13-16(12-19(29)26(22)37-28)14-31-21-8-5-9-23(21)36/h2-4,6-7,10-13,15,21,23,31,36H,5,8-9,14H2,1H3. The number of aryl methyl sites for hydroxylation is 1. The van der Waals surface area contributed by atoms with Crippen LogP contribution < -0.4 is 5.32 Å². The summed E-state index contributed by atoms with van der Waals surface area (Å²) in [6.07, 6.45) is 4.08. The molecule has 2 aromatic heterocycles. The molecule has 188 valence electrons. The van der Waals surface area contributed by atoms with Crippen molar-refractivity contribution in [1.29, 1.82) is 0 Å². The van der Waals surface area contributed by atoms with Crippen molar-refractivity contribution in [2.24, 2.45) is 7.05 Å². The normalized spacial score (nSPS) is 17.6. The summed E-state index contributed by atoms with van der Waals surface area (Å²) in [5, 5.41) is 21.9. The van der Waals surface area contributed by atoms with E-state index in [0.29, 0.717) is 29.0 Å². The van der Waals surface area contributed by atoms with Crippen LogP contribution in [0.2, 0.25) is 0 Å².